The maximum Gasteiger partial charge on any atom is 0.124 e. The first kappa shape index (κ1) is 11.0. The van der Waals surface area contributed by atoms with E-state index in [1.807, 2.05) is 13.8 Å². The van der Waals surface area contributed by atoms with Crippen molar-refractivity contribution in [2.75, 3.05) is 13.7 Å². The molecule has 1 fully saturated rings. The zero-order valence-corrected chi connectivity index (χ0v) is 8.71. The minimum absolute atomic E-state index is 0.0376. The molecule has 14 heavy (non-hydrogen) atoms. The van der Waals surface area contributed by atoms with E-state index in [0.717, 1.165) is 5.56 Å². The zero-order chi connectivity index (χ0) is 10.6. The van der Waals surface area contributed by atoms with Crippen molar-refractivity contribution < 1.29 is 13.9 Å². The Balaban J connectivity index is 0.000000461. The first-order valence-electron chi connectivity index (χ1n) is 4.76. The smallest absolute Gasteiger partial charge is 0.124 e. The van der Waals surface area contributed by atoms with E-state index in [2.05, 4.69) is 0 Å². The lowest BCUT2D eigenvalue weighted by atomic mass is 10.1. The molecule has 0 N–H and O–H groups in total. The Hall–Kier alpha value is -1.09. The molecule has 3 heteroatoms. The van der Waals surface area contributed by atoms with Gasteiger partial charge in [-0.15, -0.1) is 0 Å². The van der Waals surface area contributed by atoms with E-state index in [1.54, 1.807) is 13.2 Å². The highest BCUT2D eigenvalue weighted by Gasteiger charge is 2.28. The number of methoxy groups -OCH3 is 1. The molecule has 2 nitrogen and oxygen atoms in total. The van der Waals surface area contributed by atoms with Crippen molar-refractivity contribution >= 4 is 0 Å². The van der Waals surface area contributed by atoms with Crippen LogP contribution in [0.4, 0.5) is 4.39 Å². The van der Waals surface area contributed by atoms with Crippen LogP contribution in [0.1, 0.15) is 25.5 Å². The molecule has 1 heterocycles. The van der Waals surface area contributed by atoms with Crippen molar-refractivity contribution in [3.63, 3.8) is 0 Å². The van der Waals surface area contributed by atoms with Gasteiger partial charge in [0.25, 0.3) is 0 Å². The van der Waals surface area contributed by atoms with Gasteiger partial charge in [0.2, 0.25) is 0 Å². The molecule has 0 amide bonds. The second-order valence-electron chi connectivity index (χ2n) is 2.71. The number of rotatable bonds is 2. The monoisotopic (exact) mass is 198 g/mol. The lowest BCUT2D eigenvalue weighted by Crippen LogP contribution is -1.91. The fourth-order valence-electron chi connectivity index (χ4n) is 1.18. The van der Waals surface area contributed by atoms with Gasteiger partial charge in [0.1, 0.15) is 17.7 Å². The van der Waals surface area contributed by atoms with Gasteiger partial charge >= 0.3 is 0 Å². The van der Waals surface area contributed by atoms with Crippen molar-refractivity contribution in [2.24, 2.45) is 0 Å². The van der Waals surface area contributed by atoms with Gasteiger partial charge in [-0.3, -0.25) is 0 Å². The van der Waals surface area contributed by atoms with Gasteiger partial charge < -0.3 is 9.47 Å². The highest BCUT2D eigenvalue weighted by Crippen LogP contribution is 2.36. The highest BCUT2D eigenvalue weighted by molar-refractivity contribution is 5.37. The number of ether oxygens (including phenoxy) is 2. The van der Waals surface area contributed by atoms with Crippen LogP contribution in [-0.2, 0) is 4.74 Å². The van der Waals surface area contributed by atoms with E-state index in [0.29, 0.717) is 12.4 Å². The second-order valence-corrected chi connectivity index (χ2v) is 2.71. The normalized spacial score (nSPS) is 18.1. The maximum atomic E-state index is 12.8. The third-order valence-corrected chi connectivity index (χ3v) is 1.87. The summed E-state index contributed by atoms with van der Waals surface area (Å²) in [5.74, 6) is 0.445. The molecule has 2 rings (SSSR count). The van der Waals surface area contributed by atoms with Crippen LogP contribution in [0, 0.1) is 5.82 Å². The van der Waals surface area contributed by atoms with Crippen molar-refractivity contribution in [1.29, 1.82) is 0 Å². The van der Waals surface area contributed by atoms with Crippen LogP contribution in [0.2, 0.25) is 0 Å². The van der Waals surface area contributed by atoms with Crippen LogP contribution >= 0.6 is 0 Å². The summed E-state index contributed by atoms with van der Waals surface area (Å²) in [7, 11) is 1.57. The van der Waals surface area contributed by atoms with Gasteiger partial charge in [0.05, 0.1) is 13.7 Å². The molecule has 1 aliphatic heterocycles. The molecule has 0 aromatic heterocycles. The van der Waals surface area contributed by atoms with Gasteiger partial charge in [-0.2, -0.15) is 0 Å². The number of epoxide rings is 1. The molecular formula is C11H15FO2. The molecule has 78 valence electrons. The number of hydrogen-bond donors (Lipinski definition) is 0. The lowest BCUT2D eigenvalue weighted by molar-refractivity contribution is 0.381. The van der Waals surface area contributed by atoms with Crippen LogP contribution in [0.3, 0.4) is 0 Å². The minimum atomic E-state index is -0.249. The minimum Gasteiger partial charge on any atom is -0.496 e. The van der Waals surface area contributed by atoms with Gasteiger partial charge in [-0.1, -0.05) is 13.8 Å². The molecular weight excluding hydrogens is 183 g/mol. The SMILES string of the molecule is CC.COc1ccc(F)cc1C1CO1. The summed E-state index contributed by atoms with van der Waals surface area (Å²) >= 11 is 0. The molecule has 0 spiro atoms. The number of benzene rings is 1. The van der Waals surface area contributed by atoms with Gasteiger partial charge in [0, 0.05) is 5.56 Å². The van der Waals surface area contributed by atoms with E-state index in [1.165, 1.54) is 12.1 Å². The molecule has 1 aromatic carbocycles. The Kier molecular flexibility index (Phi) is 3.89. The predicted molar refractivity (Wildman–Crippen MR) is 53.0 cm³/mol. The van der Waals surface area contributed by atoms with Gasteiger partial charge in [0.15, 0.2) is 0 Å². The van der Waals surface area contributed by atoms with Crippen molar-refractivity contribution in [3.8, 4) is 5.75 Å². The summed E-state index contributed by atoms with van der Waals surface area (Å²) in [6, 6.07) is 4.45. The topological polar surface area (TPSA) is 21.8 Å². The molecule has 1 aromatic rings. The van der Waals surface area contributed by atoms with Crippen molar-refractivity contribution in [1.82, 2.24) is 0 Å². The molecule has 0 saturated carbocycles. The quantitative estimate of drug-likeness (QED) is 0.681. The third kappa shape index (κ3) is 2.45. The van der Waals surface area contributed by atoms with Crippen LogP contribution in [0.5, 0.6) is 5.75 Å². The van der Waals surface area contributed by atoms with Crippen LogP contribution in [-0.4, -0.2) is 13.7 Å². The Morgan fingerprint density at radius 2 is 2.07 bits per heavy atom. The van der Waals surface area contributed by atoms with Gasteiger partial charge in [-0.05, 0) is 18.2 Å². The standard InChI is InChI=1S/C9H9FO2.C2H6/c1-11-8-3-2-6(10)4-7(8)9-5-12-9;1-2/h2-4,9H,5H2,1H3;1-2H3. The number of hydrogen-bond acceptors (Lipinski definition) is 2. The fourth-order valence-corrected chi connectivity index (χ4v) is 1.18. The van der Waals surface area contributed by atoms with Crippen molar-refractivity contribution in [3.05, 3.63) is 29.6 Å². The Bertz CT molecular complexity index is 295. The fraction of sp³-hybridized carbons (Fsp3) is 0.455. The van der Waals surface area contributed by atoms with E-state index in [-0.39, 0.29) is 11.9 Å². The summed E-state index contributed by atoms with van der Waals surface area (Å²) in [6.45, 7) is 4.67. The molecule has 1 saturated heterocycles. The molecule has 0 aliphatic carbocycles. The summed E-state index contributed by atoms with van der Waals surface area (Å²) < 4.78 is 22.9. The third-order valence-electron chi connectivity index (χ3n) is 1.87. The summed E-state index contributed by atoms with van der Waals surface area (Å²) in [5.41, 5.74) is 0.803. The van der Waals surface area contributed by atoms with Crippen LogP contribution in [0.15, 0.2) is 18.2 Å². The highest BCUT2D eigenvalue weighted by atomic mass is 19.1. The molecule has 1 atom stereocenters. The molecule has 1 unspecified atom stereocenters. The van der Waals surface area contributed by atoms with Gasteiger partial charge in [-0.25, -0.2) is 4.39 Å². The summed E-state index contributed by atoms with van der Waals surface area (Å²) in [4.78, 5) is 0. The maximum absolute atomic E-state index is 12.8. The van der Waals surface area contributed by atoms with E-state index >= 15 is 0 Å². The number of halogens is 1. The Labute approximate surface area is 83.6 Å². The largest absolute Gasteiger partial charge is 0.496 e. The first-order chi connectivity index (χ1) is 6.81. The second kappa shape index (κ2) is 4.96. The lowest BCUT2D eigenvalue weighted by Gasteiger charge is -2.04. The van der Waals surface area contributed by atoms with E-state index in [4.69, 9.17) is 9.47 Å². The summed E-state index contributed by atoms with van der Waals surface area (Å²) in [5, 5.41) is 0. The molecule has 0 bridgehead atoms. The Morgan fingerprint density at radius 1 is 1.43 bits per heavy atom. The van der Waals surface area contributed by atoms with Crippen LogP contribution < -0.4 is 4.74 Å². The van der Waals surface area contributed by atoms with E-state index < -0.39 is 0 Å². The van der Waals surface area contributed by atoms with Crippen molar-refractivity contribution in [2.45, 2.75) is 20.0 Å². The Morgan fingerprint density at radius 3 is 2.57 bits per heavy atom. The van der Waals surface area contributed by atoms with E-state index in [9.17, 15) is 4.39 Å². The average Bonchev–Trinajstić information content (AvgIpc) is 3.04. The zero-order valence-electron chi connectivity index (χ0n) is 8.71. The molecule has 0 radical (unpaired) electrons. The molecule has 1 aliphatic rings. The first-order valence-corrected chi connectivity index (χ1v) is 4.76. The van der Waals surface area contributed by atoms with Crippen LogP contribution in [0.25, 0.3) is 0 Å². The summed E-state index contributed by atoms with van der Waals surface area (Å²) in [6.07, 6.45) is 0.0376. The average molecular weight is 198 g/mol. The predicted octanol–water partition coefficient (Wildman–Crippen LogP) is 2.93.